The molecule has 7 nitrogen and oxygen atoms in total. The van der Waals surface area contributed by atoms with Crippen LogP contribution in [0.1, 0.15) is 24.0 Å². The summed E-state index contributed by atoms with van der Waals surface area (Å²) in [6.45, 7) is 1.21. The Balaban J connectivity index is 1.31. The van der Waals surface area contributed by atoms with Crippen LogP contribution in [0, 0.1) is 0 Å². The van der Waals surface area contributed by atoms with Crippen LogP contribution in [-0.2, 0) is 22.6 Å². The van der Waals surface area contributed by atoms with Crippen molar-refractivity contribution >= 4 is 38.8 Å². The summed E-state index contributed by atoms with van der Waals surface area (Å²) in [5.41, 5.74) is 3.02. The third-order valence-electron chi connectivity index (χ3n) is 5.73. The fourth-order valence-corrected chi connectivity index (χ4v) is 4.55. The predicted octanol–water partition coefficient (Wildman–Crippen LogP) is 4.40. The number of fused-ring (bicyclic) bond motifs is 1. The number of nitrogens with one attached hydrogen (secondary N) is 2. The van der Waals surface area contributed by atoms with E-state index in [2.05, 4.69) is 26.2 Å². The second-order valence-corrected chi connectivity index (χ2v) is 8.63. The van der Waals surface area contributed by atoms with E-state index in [0.717, 1.165) is 38.7 Å². The fraction of sp³-hybridized carbons (Fsp3) is 0.333. The summed E-state index contributed by atoms with van der Waals surface area (Å²) in [5, 5.41) is 4.04. The van der Waals surface area contributed by atoms with Gasteiger partial charge in [-0.3, -0.25) is 9.69 Å². The number of aromatic amines is 1. The molecule has 1 aromatic heterocycles. The number of H-pyrrole nitrogens is 1. The van der Waals surface area contributed by atoms with Gasteiger partial charge in [-0.1, -0.05) is 30.3 Å². The van der Waals surface area contributed by atoms with Gasteiger partial charge in [-0.2, -0.15) is 0 Å². The molecule has 2 heterocycles. The highest BCUT2D eigenvalue weighted by molar-refractivity contribution is 9.10. The zero-order valence-corrected chi connectivity index (χ0v) is 19.5. The summed E-state index contributed by atoms with van der Waals surface area (Å²) in [7, 11) is 1.64. The minimum atomic E-state index is -0.489. The molecule has 2 amide bonds. The highest BCUT2D eigenvalue weighted by atomic mass is 79.9. The highest BCUT2D eigenvalue weighted by Crippen LogP contribution is 2.31. The maximum Gasteiger partial charge on any atom is 0.410 e. The maximum atomic E-state index is 12.8. The molecule has 0 spiro atoms. The van der Waals surface area contributed by atoms with E-state index in [-0.39, 0.29) is 12.5 Å². The van der Waals surface area contributed by atoms with Crippen LogP contribution in [0.3, 0.4) is 0 Å². The number of nitrogens with zero attached hydrogens (tertiary/aromatic N) is 1. The van der Waals surface area contributed by atoms with Crippen LogP contribution >= 0.6 is 15.9 Å². The number of hydrogen-bond donors (Lipinski definition) is 2. The number of methoxy groups -OCH3 is 1. The minimum Gasteiger partial charge on any atom is -0.496 e. The lowest BCUT2D eigenvalue weighted by Gasteiger charge is -2.23. The van der Waals surface area contributed by atoms with E-state index in [1.165, 1.54) is 4.90 Å². The summed E-state index contributed by atoms with van der Waals surface area (Å²) in [4.78, 5) is 30.1. The molecule has 0 saturated carbocycles. The first-order valence-corrected chi connectivity index (χ1v) is 11.4. The zero-order chi connectivity index (χ0) is 22.5. The van der Waals surface area contributed by atoms with Gasteiger partial charge in [-0.25, -0.2) is 4.79 Å². The molecule has 168 valence electrons. The summed E-state index contributed by atoms with van der Waals surface area (Å²) >= 11 is 3.49. The van der Waals surface area contributed by atoms with Crippen LogP contribution in [0.2, 0.25) is 0 Å². The molecule has 0 bridgehead atoms. The van der Waals surface area contributed by atoms with Gasteiger partial charge >= 0.3 is 6.09 Å². The number of aromatic nitrogens is 1. The van der Waals surface area contributed by atoms with Gasteiger partial charge in [0.25, 0.3) is 0 Å². The van der Waals surface area contributed by atoms with Gasteiger partial charge in [0.05, 0.1) is 11.6 Å². The molecule has 1 aliphatic rings. The van der Waals surface area contributed by atoms with Gasteiger partial charge < -0.3 is 19.8 Å². The lowest BCUT2D eigenvalue weighted by molar-refractivity contribution is -0.125. The summed E-state index contributed by atoms with van der Waals surface area (Å²) in [6.07, 6.45) is 3.61. The Bertz CT molecular complexity index is 1100. The Morgan fingerprint density at radius 2 is 2.06 bits per heavy atom. The number of rotatable bonds is 7. The fourth-order valence-electron chi connectivity index (χ4n) is 4.04. The van der Waals surface area contributed by atoms with E-state index in [1.54, 1.807) is 7.11 Å². The highest BCUT2D eigenvalue weighted by Gasteiger charge is 2.34. The summed E-state index contributed by atoms with van der Waals surface area (Å²) in [6, 6.07) is 13.0. The molecule has 0 radical (unpaired) electrons. The number of ether oxygens (including phenoxy) is 2. The Kier molecular flexibility index (Phi) is 6.99. The topological polar surface area (TPSA) is 83.7 Å². The van der Waals surface area contributed by atoms with Crippen LogP contribution in [0.4, 0.5) is 4.79 Å². The van der Waals surface area contributed by atoms with Gasteiger partial charge in [0.1, 0.15) is 18.4 Å². The molecule has 3 aromatic rings. The number of halogens is 1. The quantitative estimate of drug-likeness (QED) is 0.504. The van der Waals surface area contributed by atoms with Crippen molar-refractivity contribution in [3.05, 3.63) is 64.3 Å². The molecule has 32 heavy (non-hydrogen) atoms. The smallest absolute Gasteiger partial charge is 0.410 e. The average molecular weight is 500 g/mol. The SMILES string of the molecule is COc1cc2c(CCNC(=O)[C@@H]3CCCN3C(=O)OCc3ccccc3)c[nH]c2cc1Br. The third kappa shape index (κ3) is 4.91. The first kappa shape index (κ1) is 22.2. The van der Waals surface area contributed by atoms with Crippen molar-refractivity contribution in [2.24, 2.45) is 0 Å². The zero-order valence-electron chi connectivity index (χ0n) is 17.9. The van der Waals surface area contributed by atoms with Crippen LogP contribution < -0.4 is 10.1 Å². The van der Waals surface area contributed by atoms with Crippen molar-refractivity contribution in [3.63, 3.8) is 0 Å². The molecule has 2 N–H and O–H groups in total. The van der Waals surface area contributed by atoms with E-state index in [9.17, 15) is 9.59 Å². The molecule has 2 aromatic carbocycles. The third-order valence-corrected chi connectivity index (χ3v) is 6.35. The second kappa shape index (κ2) is 10.1. The molecule has 8 heteroatoms. The van der Waals surface area contributed by atoms with E-state index in [4.69, 9.17) is 9.47 Å². The van der Waals surface area contributed by atoms with Crippen LogP contribution in [-0.4, -0.2) is 48.1 Å². The first-order valence-electron chi connectivity index (χ1n) is 10.7. The largest absolute Gasteiger partial charge is 0.496 e. The second-order valence-electron chi connectivity index (χ2n) is 7.78. The molecule has 0 unspecified atom stereocenters. The Labute approximate surface area is 195 Å². The molecular weight excluding hydrogens is 474 g/mol. The normalized spacial score (nSPS) is 15.7. The number of likely N-dealkylation sites (tertiary alicyclic amines) is 1. The first-order chi connectivity index (χ1) is 15.6. The summed E-state index contributed by atoms with van der Waals surface area (Å²) in [5.74, 6) is 0.623. The monoisotopic (exact) mass is 499 g/mol. The molecule has 0 aliphatic carbocycles. The van der Waals surface area contributed by atoms with Crippen molar-refractivity contribution in [1.82, 2.24) is 15.2 Å². The lowest BCUT2D eigenvalue weighted by Crippen LogP contribution is -2.46. The Morgan fingerprint density at radius 1 is 1.25 bits per heavy atom. The van der Waals surface area contributed by atoms with E-state index in [1.807, 2.05) is 48.7 Å². The maximum absolute atomic E-state index is 12.8. The number of hydrogen-bond acceptors (Lipinski definition) is 4. The van der Waals surface area contributed by atoms with Gasteiger partial charge in [0, 0.05) is 30.2 Å². The standard InChI is InChI=1S/C24H26BrN3O4/c1-31-22-12-18-17(14-27-20(18)13-19(22)25)9-10-26-23(29)21-8-5-11-28(21)24(30)32-15-16-6-3-2-4-7-16/h2-4,6-7,12-14,21,27H,5,8-11,15H2,1H3,(H,26,29)/t21-/m0/s1. The Hall–Kier alpha value is -3.00. The van der Waals surface area contributed by atoms with Crippen molar-refractivity contribution in [1.29, 1.82) is 0 Å². The van der Waals surface area contributed by atoms with Crippen LogP contribution in [0.25, 0.3) is 10.9 Å². The van der Waals surface area contributed by atoms with E-state index >= 15 is 0 Å². The predicted molar refractivity (Wildman–Crippen MR) is 126 cm³/mol. The number of carbonyl (C=O) groups excluding carboxylic acids is 2. The van der Waals surface area contributed by atoms with Crippen molar-refractivity contribution in [3.8, 4) is 5.75 Å². The van der Waals surface area contributed by atoms with E-state index in [0.29, 0.717) is 25.9 Å². The van der Waals surface area contributed by atoms with Gasteiger partial charge in [-0.15, -0.1) is 0 Å². The molecule has 1 atom stereocenters. The van der Waals surface area contributed by atoms with Crippen molar-refractivity contribution in [2.45, 2.75) is 31.9 Å². The molecule has 4 rings (SSSR count). The number of carbonyl (C=O) groups is 2. The average Bonchev–Trinajstić information content (AvgIpc) is 3.45. The van der Waals surface area contributed by atoms with Crippen LogP contribution in [0.15, 0.2) is 53.1 Å². The van der Waals surface area contributed by atoms with Gasteiger partial charge in [0.15, 0.2) is 0 Å². The van der Waals surface area contributed by atoms with Crippen LogP contribution in [0.5, 0.6) is 5.75 Å². The minimum absolute atomic E-state index is 0.140. The van der Waals surface area contributed by atoms with Gasteiger partial charge in [0.2, 0.25) is 5.91 Å². The molecular formula is C24H26BrN3O4. The number of benzene rings is 2. The summed E-state index contributed by atoms with van der Waals surface area (Å²) < 4.78 is 11.7. The molecule has 1 saturated heterocycles. The van der Waals surface area contributed by atoms with E-state index < -0.39 is 12.1 Å². The Morgan fingerprint density at radius 3 is 2.84 bits per heavy atom. The molecule has 1 fully saturated rings. The van der Waals surface area contributed by atoms with Gasteiger partial charge in [-0.05, 0) is 58.5 Å². The number of amides is 2. The lowest BCUT2D eigenvalue weighted by atomic mass is 10.1. The molecule has 1 aliphatic heterocycles. The van der Waals surface area contributed by atoms with Crippen molar-refractivity contribution < 1.29 is 19.1 Å². The van der Waals surface area contributed by atoms with Crippen molar-refractivity contribution in [2.75, 3.05) is 20.2 Å².